The fourth-order valence-corrected chi connectivity index (χ4v) is 2.75. The highest BCUT2D eigenvalue weighted by molar-refractivity contribution is 6.33. The zero-order chi connectivity index (χ0) is 14.2. The van der Waals surface area contributed by atoms with Crippen molar-refractivity contribution in [3.8, 4) is 0 Å². The average molecular weight is 278 g/mol. The van der Waals surface area contributed by atoms with Crippen molar-refractivity contribution in [3.05, 3.63) is 45.7 Å². The van der Waals surface area contributed by atoms with Gasteiger partial charge < -0.3 is 5.32 Å². The monoisotopic (exact) mass is 277 g/mol. The van der Waals surface area contributed by atoms with E-state index in [2.05, 4.69) is 30.3 Å². The van der Waals surface area contributed by atoms with Gasteiger partial charge in [-0.3, -0.25) is 4.68 Å². The van der Waals surface area contributed by atoms with Crippen molar-refractivity contribution in [1.29, 1.82) is 0 Å². The highest BCUT2D eigenvalue weighted by atomic mass is 35.5. The molecule has 1 N–H and O–H groups in total. The van der Waals surface area contributed by atoms with Crippen molar-refractivity contribution in [2.45, 2.75) is 33.7 Å². The Labute approximate surface area is 119 Å². The lowest BCUT2D eigenvalue weighted by molar-refractivity contribution is 0.728. The maximum Gasteiger partial charge on any atom is 0.0649 e. The third-order valence-corrected chi connectivity index (χ3v) is 3.81. The highest BCUT2D eigenvalue weighted by Crippen LogP contribution is 2.29. The molecule has 0 bridgehead atoms. The second-order valence-electron chi connectivity index (χ2n) is 5.06. The molecule has 2 aromatic rings. The van der Waals surface area contributed by atoms with Crippen LogP contribution in [0.1, 0.15) is 35.5 Å². The zero-order valence-electron chi connectivity index (χ0n) is 12.1. The van der Waals surface area contributed by atoms with Gasteiger partial charge in [0.05, 0.1) is 22.4 Å². The number of hydrogen-bond acceptors (Lipinski definition) is 2. The Morgan fingerprint density at radius 3 is 2.47 bits per heavy atom. The van der Waals surface area contributed by atoms with Crippen molar-refractivity contribution in [2.75, 3.05) is 5.32 Å². The van der Waals surface area contributed by atoms with E-state index in [-0.39, 0.29) is 6.04 Å². The molecule has 4 heteroatoms. The minimum absolute atomic E-state index is 0.175. The summed E-state index contributed by atoms with van der Waals surface area (Å²) >= 11 is 6.26. The summed E-state index contributed by atoms with van der Waals surface area (Å²) in [4.78, 5) is 0. The van der Waals surface area contributed by atoms with Crippen molar-refractivity contribution < 1.29 is 0 Å². The number of anilines is 1. The number of aromatic nitrogens is 2. The van der Waals surface area contributed by atoms with Crippen molar-refractivity contribution in [1.82, 2.24) is 9.78 Å². The molecule has 102 valence electrons. The fourth-order valence-electron chi connectivity index (χ4n) is 2.46. The van der Waals surface area contributed by atoms with Crippen molar-refractivity contribution in [2.24, 2.45) is 7.05 Å². The maximum absolute atomic E-state index is 6.26. The van der Waals surface area contributed by atoms with E-state index in [4.69, 9.17) is 11.6 Å². The van der Waals surface area contributed by atoms with Gasteiger partial charge in [-0.15, -0.1) is 0 Å². The molecule has 0 spiro atoms. The predicted octanol–water partition coefficient (Wildman–Crippen LogP) is 4.17. The van der Waals surface area contributed by atoms with Crippen LogP contribution in [0.2, 0.25) is 5.02 Å². The van der Waals surface area contributed by atoms with Crippen molar-refractivity contribution in [3.63, 3.8) is 0 Å². The van der Waals surface area contributed by atoms with Crippen LogP contribution in [0.4, 0.5) is 5.69 Å². The van der Waals surface area contributed by atoms with Crippen LogP contribution < -0.4 is 5.32 Å². The van der Waals surface area contributed by atoms with Crippen LogP contribution in [0.5, 0.6) is 0 Å². The van der Waals surface area contributed by atoms with Gasteiger partial charge in [-0.2, -0.15) is 5.10 Å². The number of hydrogen-bond donors (Lipinski definition) is 1. The van der Waals surface area contributed by atoms with Gasteiger partial charge in [0.25, 0.3) is 0 Å². The topological polar surface area (TPSA) is 29.9 Å². The molecule has 0 aliphatic carbocycles. The molecule has 0 aliphatic rings. The van der Waals surface area contributed by atoms with Gasteiger partial charge in [0.2, 0.25) is 0 Å². The lowest BCUT2D eigenvalue weighted by atomic mass is 10.1. The average Bonchev–Trinajstić information content (AvgIpc) is 2.57. The third-order valence-electron chi connectivity index (χ3n) is 3.49. The second-order valence-corrected chi connectivity index (χ2v) is 5.46. The summed E-state index contributed by atoms with van der Waals surface area (Å²) in [6.07, 6.45) is 0. The minimum atomic E-state index is 0.175. The molecule has 0 amide bonds. The summed E-state index contributed by atoms with van der Waals surface area (Å²) < 4.78 is 1.92. The Kier molecular flexibility index (Phi) is 3.85. The van der Waals surface area contributed by atoms with E-state index in [9.17, 15) is 0 Å². The maximum atomic E-state index is 6.26. The van der Waals surface area contributed by atoms with Crippen LogP contribution in [-0.4, -0.2) is 9.78 Å². The van der Waals surface area contributed by atoms with Gasteiger partial charge in [-0.05, 0) is 45.4 Å². The molecule has 1 heterocycles. The summed E-state index contributed by atoms with van der Waals surface area (Å²) in [5.41, 5.74) is 5.60. The normalized spacial score (nSPS) is 12.5. The molecule has 3 nitrogen and oxygen atoms in total. The predicted molar refractivity (Wildman–Crippen MR) is 80.9 cm³/mol. The van der Waals surface area contributed by atoms with Crippen LogP contribution in [0.3, 0.4) is 0 Å². The van der Waals surface area contributed by atoms with E-state index >= 15 is 0 Å². The van der Waals surface area contributed by atoms with Gasteiger partial charge in [0, 0.05) is 18.3 Å². The first kappa shape index (κ1) is 13.9. The summed E-state index contributed by atoms with van der Waals surface area (Å²) in [6, 6.07) is 6.23. The fraction of sp³-hybridized carbons (Fsp3) is 0.400. The van der Waals surface area contributed by atoms with Gasteiger partial charge >= 0.3 is 0 Å². The molecular weight excluding hydrogens is 258 g/mol. The van der Waals surface area contributed by atoms with E-state index in [0.717, 1.165) is 22.0 Å². The zero-order valence-corrected chi connectivity index (χ0v) is 12.8. The molecule has 1 atom stereocenters. The number of rotatable bonds is 3. The lowest BCUT2D eigenvalue weighted by Gasteiger charge is -2.17. The number of nitrogens with zero attached hydrogens (tertiary/aromatic N) is 2. The number of halogens is 1. The first-order valence-electron chi connectivity index (χ1n) is 6.43. The summed E-state index contributed by atoms with van der Waals surface area (Å²) in [5.74, 6) is 0. The molecule has 1 aromatic carbocycles. The SMILES string of the molecule is Cc1ccc(NC(C)c2c(C)nn(C)c2C)c(Cl)c1. The Morgan fingerprint density at radius 2 is 1.95 bits per heavy atom. The Morgan fingerprint density at radius 1 is 1.26 bits per heavy atom. The van der Waals surface area contributed by atoms with E-state index < -0.39 is 0 Å². The summed E-state index contributed by atoms with van der Waals surface area (Å²) in [6.45, 7) is 8.29. The Bertz CT molecular complexity index is 602. The van der Waals surface area contributed by atoms with E-state index in [0.29, 0.717) is 0 Å². The van der Waals surface area contributed by atoms with Crippen LogP contribution >= 0.6 is 11.6 Å². The van der Waals surface area contributed by atoms with Crippen molar-refractivity contribution >= 4 is 17.3 Å². The van der Waals surface area contributed by atoms with Gasteiger partial charge in [-0.1, -0.05) is 17.7 Å². The summed E-state index contributed by atoms with van der Waals surface area (Å²) in [5, 5.41) is 8.67. The van der Waals surface area contributed by atoms with E-state index in [1.165, 1.54) is 11.3 Å². The molecule has 0 radical (unpaired) electrons. The van der Waals surface area contributed by atoms with Gasteiger partial charge in [0.1, 0.15) is 0 Å². The Balaban J connectivity index is 2.28. The molecule has 2 rings (SSSR count). The summed E-state index contributed by atoms with van der Waals surface area (Å²) in [7, 11) is 1.97. The standard InChI is InChI=1S/C15H20ClN3/c1-9-6-7-14(13(16)8-9)17-10(2)15-11(3)18-19(5)12(15)4/h6-8,10,17H,1-5H3. The van der Waals surface area contributed by atoms with E-state index in [1.807, 2.05) is 37.7 Å². The van der Waals surface area contributed by atoms with E-state index in [1.54, 1.807) is 0 Å². The van der Waals surface area contributed by atoms with Crippen LogP contribution in [0.15, 0.2) is 18.2 Å². The van der Waals surface area contributed by atoms with Crippen LogP contribution in [0, 0.1) is 20.8 Å². The Hall–Kier alpha value is -1.48. The van der Waals surface area contributed by atoms with Crippen LogP contribution in [-0.2, 0) is 7.05 Å². The highest BCUT2D eigenvalue weighted by Gasteiger charge is 2.16. The third kappa shape index (κ3) is 2.76. The van der Waals surface area contributed by atoms with Gasteiger partial charge in [0.15, 0.2) is 0 Å². The first-order valence-corrected chi connectivity index (χ1v) is 6.80. The minimum Gasteiger partial charge on any atom is -0.377 e. The largest absolute Gasteiger partial charge is 0.377 e. The smallest absolute Gasteiger partial charge is 0.0649 e. The number of nitrogens with one attached hydrogen (secondary N) is 1. The first-order chi connectivity index (χ1) is 8.90. The molecule has 19 heavy (non-hydrogen) atoms. The number of aryl methyl sites for hydroxylation is 3. The second kappa shape index (κ2) is 5.25. The molecule has 0 saturated carbocycles. The molecular formula is C15H20ClN3. The number of benzene rings is 1. The van der Waals surface area contributed by atoms with Crippen LogP contribution in [0.25, 0.3) is 0 Å². The molecule has 0 aliphatic heterocycles. The van der Waals surface area contributed by atoms with Gasteiger partial charge in [-0.25, -0.2) is 0 Å². The lowest BCUT2D eigenvalue weighted by Crippen LogP contribution is -2.09. The quantitative estimate of drug-likeness (QED) is 0.912. The molecule has 0 fully saturated rings. The molecule has 1 unspecified atom stereocenters. The molecule has 1 aromatic heterocycles. The molecule has 0 saturated heterocycles.